The molecule has 136 valence electrons. The van der Waals surface area contributed by atoms with Crippen molar-refractivity contribution in [2.75, 3.05) is 0 Å². The predicted molar refractivity (Wildman–Crippen MR) is 101 cm³/mol. The van der Waals surface area contributed by atoms with E-state index in [0.29, 0.717) is 6.54 Å². The molecular weight excluding hydrogens is 342 g/mol. The Kier molecular flexibility index (Phi) is 4.29. The van der Waals surface area contributed by atoms with Gasteiger partial charge in [0.1, 0.15) is 6.10 Å². The highest BCUT2D eigenvalue weighted by molar-refractivity contribution is 5.83. The van der Waals surface area contributed by atoms with Gasteiger partial charge in [0.05, 0.1) is 12.1 Å². The van der Waals surface area contributed by atoms with Gasteiger partial charge in [-0.05, 0) is 53.1 Å². The summed E-state index contributed by atoms with van der Waals surface area (Å²) in [4.78, 5) is 15.4. The Hall–Kier alpha value is -3.32. The molecule has 27 heavy (non-hydrogen) atoms. The Morgan fingerprint density at radius 1 is 1.15 bits per heavy atom. The second-order valence-corrected chi connectivity index (χ2v) is 6.68. The summed E-state index contributed by atoms with van der Waals surface area (Å²) >= 11 is 0. The largest absolute Gasteiger partial charge is 0.380 e. The van der Waals surface area contributed by atoms with Gasteiger partial charge in [-0.3, -0.25) is 4.79 Å². The highest BCUT2D eigenvalue weighted by Crippen LogP contribution is 2.23. The number of nitrogens with zero attached hydrogens (tertiary/aromatic N) is 4. The SMILES string of the molecule is Cc1cc(C)c2cc([C@@H](O)c3nnnn3Cc3ccccc3)c(=O)[nH]c2c1. The fraction of sp³-hybridized carbons (Fsp3) is 0.200. The van der Waals surface area contributed by atoms with Gasteiger partial charge in [0, 0.05) is 10.9 Å². The van der Waals surface area contributed by atoms with Crippen LogP contribution < -0.4 is 5.56 Å². The summed E-state index contributed by atoms with van der Waals surface area (Å²) in [5.74, 6) is 0.230. The fourth-order valence-corrected chi connectivity index (χ4v) is 3.31. The quantitative estimate of drug-likeness (QED) is 0.581. The number of benzene rings is 2. The van der Waals surface area contributed by atoms with Crippen molar-refractivity contribution >= 4 is 10.9 Å². The minimum Gasteiger partial charge on any atom is -0.380 e. The zero-order valence-corrected chi connectivity index (χ0v) is 15.0. The first-order valence-corrected chi connectivity index (χ1v) is 8.65. The molecule has 0 aliphatic carbocycles. The third-order valence-electron chi connectivity index (χ3n) is 4.62. The van der Waals surface area contributed by atoms with E-state index < -0.39 is 6.10 Å². The molecule has 2 heterocycles. The molecule has 0 saturated heterocycles. The molecule has 0 radical (unpaired) electrons. The van der Waals surface area contributed by atoms with Crippen molar-refractivity contribution in [3.63, 3.8) is 0 Å². The maximum absolute atomic E-state index is 12.6. The molecular formula is C20H19N5O2. The van der Waals surface area contributed by atoms with Crippen LogP contribution in [0.4, 0.5) is 0 Å². The number of aromatic amines is 1. The van der Waals surface area contributed by atoms with Crippen molar-refractivity contribution < 1.29 is 5.11 Å². The average Bonchev–Trinajstić information content (AvgIpc) is 3.09. The van der Waals surface area contributed by atoms with Gasteiger partial charge in [-0.1, -0.05) is 36.4 Å². The number of aliphatic hydroxyl groups is 1. The smallest absolute Gasteiger partial charge is 0.254 e. The van der Waals surface area contributed by atoms with Crippen molar-refractivity contribution in [1.82, 2.24) is 25.2 Å². The van der Waals surface area contributed by atoms with E-state index in [2.05, 4.69) is 20.5 Å². The van der Waals surface area contributed by atoms with E-state index in [4.69, 9.17) is 0 Å². The number of rotatable bonds is 4. The molecule has 0 spiro atoms. The van der Waals surface area contributed by atoms with Crippen LogP contribution in [0.2, 0.25) is 0 Å². The third-order valence-corrected chi connectivity index (χ3v) is 4.62. The number of aromatic nitrogens is 5. The minimum atomic E-state index is -1.22. The van der Waals surface area contributed by atoms with E-state index in [1.165, 1.54) is 4.68 Å². The third kappa shape index (κ3) is 3.24. The van der Waals surface area contributed by atoms with E-state index in [0.717, 1.165) is 27.6 Å². The van der Waals surface area contributed by atoms with Crippen LogP contribution in [-0.2, 0) is 6.54 Å². The van der Waals surface area contributed by atoms with Crippen LogP contribution in [0, 0.1) is 13.8 Å². The van der Waals surface area contributed by atoms with Gasteiger partial charge >= 0.3 is 0 Å². The Bertz CT molecular complexity index is 1160. The van der Waals surface area contributed by atoms with E-state index >= 15 is 0 Å². The molecule has 7 heteroatoms. The first-order chi connectivity index (χ1) is 13.0. The molecule has 0 bridgehead atoms. The summed E-state index contributed by atoms with van der Waals surface area (Å²) in [6, 6.07) is 15.4. The van der Waals surface area contributed by atoms with Crippen LogP contribution in [0.15, 0.2) is 53.3 Å². The van der Waals surface area contributed by atoms with Gasteiger partial charge in [-0.25, -0.2) is 4.68 Å². The topological polar surface area (TPSA) is 96.7 Å². The average molecular weight is 361 g/mol. The molecule has 0 aliphatic heterocycles. The van der Waals surface area contributed by atoms with Gasteiger partial charge < -0.3 is 10.1 Å². The normalized spacial score (nSPS) is 12.4. The van der Waals surface area contributed by atoms with Gasteiger partial charge in [-0.15, -0.1) is 5.10 Å². The Morgan fingerprint density at radius 3 is 2.70 bits per heavy atom. The number of aryl methyl sites for hydroxylation is 2. The van der Waals surface area contributed by atoms with Crippen LogP contribution in [0.3, 0.4) is 0 Å². The maximum Gasteiger partial charge on any atom is 0.254 e. The van der Waals surface area contributed by atoms with Crippen LogP contribution in [-0.4, -0.2) is 30.3 Å². The van der Waals surface area contributed by atoms with Crippen LogP contribution in [0.25, 0.3) is 10.9 Å². The first kappa shape index (κ1) is 17.1. The highest BCUT2D eigenvalue weighted by Gasteiger charge is 2.22. The van der Waals surface area contributed by atoms with Gasteiger partial charge in [0.15, 0.2) is 5.82 Å². The summed E-state index contributed by atoms with van der Waals surface area (Å²) in [6.07, 6.45) is -1.22. The van der Waals surface area contributed by atoms with Crippen molar-refractivity contribution in [1.29, 1.82) is 0 Å². The van der Waals surface area contributed by atoms with E-state index in [-0.39, 0.29) is 16.9 Å². The number of nitrogens with one attached hydrogen (secondary N) is 1. The number of hydrogen-bond acceptors (Lipinski definition) is 5. The summed E-state index contributed by atoms with van der Waals surface area (Å²) in [7, 11) is 0. The molecule has 7 nitrogen and oxygen atoms in total. The van der Waals surface area contributed by atoms with E-state index in [1.54, 1.807) is 6.07 Å². The van der Waals surface area contributed by atoms with E-state index in [9.17, 15) is 9.90 Å². The fourth-order valence-electron chi connectivity index (χ4n) is 3.31. The molecule has 1 atom stereocenters. The molecule has 2 aromatic heterocycles. The second kappa shape index (κ2) is 6.77. The number of hydrogen-bond donors (Lipinski definition) is 2. The first-order valence-electron chi connectivity index (χ1n) is 8.65. The zero-order chi connectivity index (χ0) is 19.0. The van der Waals surface area contributed by atoms with E-state index in [1.807, 2.05) is 56.3 Å². The molecule has 0 amide bonds. The van der Waals surface area contributed by atoms with Crippen LogP contribution >= 0.6 is 0 Å². The molecule has 0 aliphatic rings. The van der Waals surface area contributed by atoms with Crippen molar-refractivity contribution in [3.8, 4) is 0 Å². The van der Waals surface area contributed by atoms with Crippen LogP contribution in [0.5, 0.6) is 0 Å². The van der Waals surface area contributed by atoms with Crippen molar-refractivity contribution in [2.24, 2.45) is 0 Å². The summed E-state index contributed by atoms with van der Waals surface area (Å²) in [5.41, 5.74) is 3.71. The highest BCUT2D eigenvalue weighted by atomic mass is 16.3. The Balaban J connectivity index is 1.76. The van der Waals surface area contributed by atoms with Gasteiger partial charge in [0.2, 0.25) is 0 Å². The predicted octanol–water partition coefficient (Wildman–Crippen LogP) is 2.26. The Labute approximate surface area is 155 Å². The number of pyridine rings is 1. The number of tetrazole rings is 1. The summed E-state index contributed by atoms with van der Waals surface area (Å²) in [6.45, 7) is 4.36. The second-order valence-electron chi connectivity index (χ2n) is 6.68. The lowest BCUT2D eigenvalue weighted by atomic mass is 10.0. The summed E-state index contributed by atoms with van der Waals surface area (Å²) in [5, 5.41) is 23.3. The maximum atomic E-state index is 12.6. The lowest BCUT2D eigenvalue weighted by Gasteiger charge is -2.12. The number of H-pyrrole nitrogens is 1. The molecule has 0 fully saturated rings. The van der Waals surface area contributed by atoms with Gasteiger partial charge in [-0.2, -0.15) is 0 Å². The molecule has 0 unspecified atom stereocenters. The lowest BCUT2D eigenvalue weighted by Crippen LogP contribution is -2.20. The number of aliphatic hydroxyl groups excluding tert-OH is 1. The Morgan fingerprint density at radius 2 is 1.93 bits per heavy atom. The monoisotopic (exact) mass is 361 g/mol. The minimum absolute atomic E-state index is 0.221. The zero-order valence-electron chi connectivity index (χ0n) is 15.0. The van der Waals surface area contributed by atoms with Gasteiger partial charge in [0.25, 0.3) is 5.56 Å². The van der Waals surface area contributed by atoms with Crippen molar-refractivity contribution in [2.45, 2.75) is 26.5 Å². The van der Waals surface area contributed by atoms with Crippen molar-refractivity contribution in [3.05, 3.63) is 87.0 Å². The molecule has 4 aromatic rings. The summed E-state index contributed by atoms with van der Waals surface area (Å²) < 4.78 is 1.51. The standard InChI is InChI=1S/C20H19N5O2/c1-12-8-13(2)15-10-16(20(27)21-17(15)9-12)18(26)19-22-23-24-25(19)11-14-6-4-3-5-7-14/h3-10,18,26H,11H2,1-2H3,(H,21,27)/t18-/m1/s1. The lowest BCUT2D eigenvalue weighted by molar-refractivity contribution is 0.202. The number of fused-ring (bicyclic) bond motifs is 1. The molecule has 2 aromatic carbocycles. The van der Waals surface area contributed by atoms with Crippen LogP contribution in [0.1, 0.15) is 34.2 Å². The molecule has 2 N–H and O–H groups in total. The molecule has 0 saturated carbocycles. The molecule has 4 rings (SSSR count).